The molecule has 0 aliphatic heterocycles. The lowest BCUT2D eigenvalue weighted by Crippen LogP contribution is -2.23. The van der Waals surface area contributed by atoms with Gasteiger partial charge in [0.1, 0.15) is 5.82 Å². The van der Waals surface area contributed by atoms with Gasteiger partial charge in [0.05, 0.1) is 0 Å². The minimum Gasteiger partial charge on any atom is -0.403 e. The Morgan fingerprint density at radius 1 is 0.652 bits per heavy atom. The van der Waals surface area contributed by atoms with E-state index in [1.165, 1.54) is 0 Å². The predicted octanol–water partition coefficient (Wildman–Crippen LogP) is 11.1. The zero-order chi connectivity index (χ0) is 33.3. The number of hydrogen-bond acceptors (Lipinski definition) is 1. The van der Waals surface area contributed by atoms with Crippen LogP contribution in [0.15, 0.2) is 24.3 Å². The number of alkyl halides is 3. The maximum absolute atomic E-state index is 15.8. The molecule has 0 heterocycles. The van der Waals surface area contributed by atoms with Crippen LogP contribution in [-0.2, 0) is 25.7 Å². The summed E-state index contributed by atoms with van der Waals surface area (Å²) in [6.45, 7) is 1.96. The molecule has 2 aliphatic carbocycles. The largest absolute Gasteiger partial charge is 0.573 e. The first-order chi connectivity index (χ1) is 21.8. The summed E-state index contributed by atoms with van der Waals surface area (Å²) in [5, 5.41) is 0. The molecule has 1 unspecified atom stereocenters. The van der Waals surface area contributed by atoms with Gasteiger partial charge < -0.3 is 4.74 Å². The van der Waals surface area contributed by atoms with Crippen molar-refractivity contribution in [2.24, 2.45) is 5.92 Å². The molecule has 11 heteroatoms. The monoisotopic (exact) mass is 660 g/mol. The van der Waals surface area contributed by atoms with Gasteiger partial charge in [-0.2, -0.15) is 4.39 Å². The van der Waals surface area contributed by atoms with Gasteiger partial charge in [-0.1, -0.05) is 31.5 Å². The summed E-state index contributed by atoms with van der Waals surface area (Å²) in [6, 6.07) is 4.84. The van der Waals surface area contributed by atoms with Gasteiger partial charge in [0.2, 0.25) is 5.82 Å². The maximum atomic E-state index is 15.8. The first kappa shape index (κ1) is 34.1. The van der Waals surface area contributed by atoms with Crippen molar-refractivity contribution in [2.75, 3.05) is 0 Å². The van der Waals surface area contributed by atoms with Crippen LogP contribution >= 0.6 is 0 Å². The summed E-state index contributed by atoms with van der Waals surface area (Å²) in [5.74, 6) is -11.1. The van der Waals surface area contributed by atoms with Crippen LogP contribution in [0, 0.1) is 46.6 Å². The molecule has 1 saturated carbocycles. The summed E-state index contributed by atoms with van der Waals surface area (Å²) < 4.78 is 146. The zero-order valence-electron chi connectivity index (χ0n) is 25.2. The number of rotatable bonds is 9. The highest BCUT2D eigenvalue weighted by Crippen LogP contribution is 2.46. The summed E-state index contributed by atoms with van der Waals surface area (Å²) in [5.41, 5.74) is 0.0305. The SMILES string of the molecule is CCCCc1ccc(CCC2CCc3c(F)c(C4CCC(c5ccc(OC(F)(F)F)c(F)c5F)CC4)c(F)c(F)c3C2)c(F)c1F. The van der Waals surface area contributed by atoms with Crippen molar-refractivity contribution in [3.05, 3.63) is 98.4 Å². The van der Waals surface area contributed by atoms with E-state index in [0.29, 0.717) is 30.9 Å². The van der Waals surface area contributed by atoms with Crippen LogP contribution in [0.3, 0.4) is 0 Å². The molecule has 2 aliphatic rings. The molecule has 0 amide bonds. The second kappa shape index (κ2) is 13.9. The summed E-state index contributed by atoms with van der Waals surface area (Å²) in [6.07, 6.45) is -1.38. The van der Waals surface area contributed by atoms with Gasteiger partial charge in [-0.05, 0) is 122 Å². The molecule has 0 spiro atoms. The molecular formula is C35H34F10O. The fraction of sp³-hybridized carbons (Fsp3) is 0.486. The van der Waals surface area contributed by atoms with E-state index in [1.807, 2.05) is 6.92 Å². The molecular weight excluding hydrogens is 626 g/mol. The van der Waals surface area contributed by atoms with E-state index in [9.17, 15) is 30.7 Å². The van der Waals surface area contributed by atoms with E-state index in [0.717, 1.165) is 18.9 Å². The fourth-order valence-electron chi connectivity index (χ4n) is 7.09. The van der Waals surface area contributed by atoms with E-state index in [2.05, 4.69) is 4.74 Å². The molecule has 1 nitrogen and oxygen atoms in total. The lowest BCUT2D eigenvalue weighted by Gasteiger charge is -2.32. The average Bonchev–Trinajstić information content (AvgIpc) is 3.02. The number of aryl methyl sites for hydroxylation is 2. The number of halogens is 10. The molecule has 0 radical (unpaired) electrons. The first-order valence-corrected chi connectivity index (χ1v) is 15.7. The highest BCUT2D eigenvalue weighted by atomic mass is 19.4. The molecule has 3 aromatic rings. The van der Waals surface area contributed by atoms with Gasteiger partial charge >= 0.3 is 6.36 Å². The Labute approximate surface area is 261 Å². The first-order valence-electron chi connectivity index (χ1n) is 15.7. The molecule has 1 atom stereocenters. The van der Waals surface area contributed by atoms with Gasteiger partial charge in [0, 0.05) is 5.56 Å². The molecule has 0 saturated heterocycles. The molecule has 1 fully saturated rings. The van der Waals surface area contributed by atoms with Gasteiger partial charge in [-0.15, -0.1) is 13.2 Å². The lowest BCUT2D eigenvalue weighted by molar-refractivity contribution is -0.275. The van der Waals surface area contributed by atoms with Crippen molar-refractivity contribution in [1.82, 2.24) is 0 Å². The fourth-order valence-corrected chi connectivity index (χ4v) is 7.09. The van der Waals surface area contributed by atoms with E-state index in [1.54, 1.807) is 12.1 Å². The van der Waals surface area contributed by atoms with E-state index in [-0.39, 0.29) is 78.7 Å². The van der Waals surface area contributed by atoms with Crippen molar-refractivity contribution < 1.29 is 48.6 Å². The smallest absolute Gasteiger partial charge is 0.403 e. The molecule has 0 N–H and O–H groups in total. The Balaban J connectivity index is 1.26. The Bertz CT molecular complexity index is 1570. The average molecular weight is 661 g/mol. The van der Waals surface area contributed by atoms with Crippen LogP contribution in [0.1, 0.15) is 104 Å². The quantitative estimate of drug-likeness (QED) is 0.164. The third-order valence-corrected chi connectivity index (χ3v) is 9.60. The van der Waals surface area contributed by atoms with Crippen LogP contribution in [0.25, 0.3) is 0 Å². The summed E-state index contributed by atoms with van der Waals surface area (Å²) >= 11 is 0. The van der Waals surface area contributed by atoms with Gasteiger partial charge in [-0.25, -0.2) is 26.3 Å². The van der Waals surface area contributed by atoms with Crippen LogP contribution in [0.2, 0.25) is 0 Å². The Morgan fingerprint density at radius 2 is 1.28 bits per heavy atom. The van der Waals surface area contributed by atoms with Crippen LogP contribution in [0.5, 0.6) is 5.75 Å². The summed E-state index contributed by atoms with van der Waals surface area (Å²) in [7, 11) is 0. The molecule has 3 aromatic carbocycles. The number of benzene rings is 3. The van der Waals surface area contributed by atoms with Crippen molar-refractivity contribution >= 4 is 0 Å². The van der Waals surface area contributed by atoms with Crippen LogP contribution in [0.4, 0.5) is 43.9 Å². The second-order valence-corrected chi connectivity index (χ2v) is 12.5. The Hall–Kier alpha value is -3.24. The predicted molar refractivity (Wildman–Crippen MR) is 152 cm³/mol. The molecule has 0 bridgehead atoms. The molecule has 5 rings (SSSR count). The van der Waals surface area contributed by atoms with Crippen molar-refractivity contribution in [1.29, 1.82) is 0 Å². The van der Waals surface area contributed by atoms with E-state index >= 15 is 13.2 Å². The third-order valence-electron chi connectivity index (χ3n) is 9.60. The zero-order valence-corrected chi connectivity index (χ0v) is 25.2. The van der Waals surface area contributed by atoms with Gasteiger partial charge in [0.25, 0.3) is 0 Å². The maximum Gasteiger partial charge on any atom is 0.573 e. The third kappa shape index (κ3) is 7.03. The van der Waals surface area contributed by atoms with Crippen molar-refractivity contribution in [2.45, 2.75) is 102 Å². The Morgan fingerprint density at radius 3 is 1.91 bits per heavy atom. The minimum absolute atomic E-state index is 0.0519. The second-order valence-electron chi connectivity index (χ2n) is 12.5. The number of hydrogen-bond donors (Lipinski definition) is 0. The highest BCUT2D eigenvalue weighted by Gasteiger charge is 2.37. The normalized spacial score (nSPS) is 20.1. The molecule has 46 heavy (non-hydrogen) atoms. The Kier molecular flexibility index (Phi) is 10.3. The van der Waals surface area contributed by atoms with Crippen molar-refractivity contribution in [3.63, 3.8) is 0 Å². The molecule has 250 valence electrons. The number of ether oxygens (including phenoxy) is 1. The number of fused-ring (bicyclic) bond motifs is 1. The minimum atomic E-state index is -5.20. The molecule has 0 aromatic heterocycles. The van der Waals surface area contributed by atoms with E-state index < -0.39 is 64.7 Å². The highest BCUT2D eigenvalue weighted by molar-refractivity contribution is 5.41. The van der Waals surface area contributed by atoms with Crippen LogP contribution in [-0.4, -0.2) is 6.36 Å². The topological polar surface area (TPSA) is 9.23 Å². The van der Waals surface area contributed by atoms with Crippen molar-refractivity contribution in [3.8, 4) is 5.75 Å². The van der Waals surface area contributed by atoms with E-state index in [4.69, 9.17) is 0 Å². The van der Waals surface area contributed by atoms with Gasteiger partial charge in [-0.3, -0.25) is 0 Å². The lowest BCUT2D eigenvalue weighted by atomic mass is 9.73. The summed E-state index contributed by atoms with van der Waals surface area (Å²) in [4.78, 5) is 0. The van der Waals surface area contributed by atoms with Crippen LogP contribution < -0.4 is 4.74 Å². The van der Waals surface area contributed by atoms with Gasteiger partial charge in [0.15, 0.2) is 34.8 Å². The number of unbranched alkanes of at least 4 members (excludes halogenated alkanes) is 1. The standard InChI is InChI=1S/C35H34F10O/c1-2-3-4-21-12-13-22(29(37)28(21)36)7-5-18-6-14-24-25(17-18)32(40)34(42)27(30(24)38)20-10-8-19(9-11-20)23-15-16-26(33(41)31(23)39)46-35(43,44)45/h12-13,15-16,18-20H,2-11,14,17H2,1H3.